The summed E-state index contributed by atoms with van der Waals surface area (Å²) < 4.78 is 5.67. The third-order valence-electron chi connectivity index (χ3n) is 8.55. The Labute approximate surface area is 247 Å². The molecule has 1 aliphatic heterocycles. The predicted molar refractivity (Wildman–Crippen MR) is 161 cm³/mol. The monoisotopic (exact) mass is 569 g/mol. The van der Waals surface area contributed by atoms with Crippen molar-refractivity contribution >= 4 is 18.0 Å². The van der Waals surface area contributed by atoms with Gasteiger partial charge in [0.25, 0.3) is 0 Å². The van der Waals surface area contributed by atoms with Crippen LogP contribution >= 0.6 is 0 Å². The molecule has 5 rings (SSSR count). The van der Waals surface area contributed by atoms with E-state index in [1.54, 1.807) is 0 Å². The second-order valence-corrected chi connectivity index (χ2v) is 11.4. The highest BCUT2D eigenvalue weighted by Crippen LogP contribution is 2.44. The number of carbonyl (C=O) groups is 3. The van der Waals surface area contributed by atoms with Gasteiger partial charge in [-0.1, -0.05) is 85.8 Å². The molecule has 0 unspecified atom stereocenters. The van der Waals surface area contributed by atoms with Gasteiger partial charge in [0, 0.05) is 38.0 Å². The number of amides is 2. The van der Waals surface area contributed by atoms with Gasteiger partial charge in [-0.05, 0) is 47.1 Å². The zero-order valence-electron chi connectivity index (χ0n) is 24.1. The van der Waals surface area contributed by atoms with Gasteiger partial charge in [-0.2, -0.15) is 0 Å². The van der Waals surface area contributed by atoms with E-state index in [-0.39, 0.29) is 31.3 Å². The molecule has 1 atom stereocenters. The quantitative estimate of drug-likeness (QED) is 0.289. The number of hydrogen-bond acceptors (Lipinski definition) is 5. The minimum Gasteiger partial charge on any atom is -0.481 e. The Balaban J connectivity index is 1.14. The number of fused-ring (bicyclic) bond motifs is 3. The molecule has 3 aromatic rings. The number of nitrogens with one attached hydrogen (secondary N) is 2. The van der Waals surface area contributed by atoms with E-state index >= 15 is 0 Å². The Kier molecular flexibility index (Phi) is 9.22. The third-order valence-corrected chi connectivity index (χ3v) is 8.55. The summed E-state index contributed by atoms with van der Waals surface area (Å²) in [5.41, 5.74) is 4.99. The van der Waals surface area contributed by atoms with E-state index in [0.717, 1.165) is 28.8 Å². The molecule has 8 nitrogen and oxygen atoms in total. The Hall–Kier alpha value is -4.17. The van der Waals surface area contributed by atoms with Crippen LogP contribution in [0.5, 0.6) is 0 Å². The fraction of sp³-hybridized carbons (Fsp3) is 0.382. The number of hydrogen-bond donors (Lipinski definition) is 3. The number of benzene rings is 3. The molecular formula is C34H39N3O5. The molecule has 0 radical (unpaired) electrons. The van der Waals surface area contributed by atoms with E-state index < -0.39 is 23.6 Å². The number of likely N-dealkylation sites (tertiary alicyclic amines) is 1. The van der Waals surface area contributed by atoms with Gasteiger partial charge in [0.1, 0.15) is 6.61 Å². The van der Waals surface area contributed by atoms with Crippen LogP contribution in [0.2, 0.25) is 0 Å². The lowest BCUT2D eigenvalue weighted by atomic mass is 9.83. The minimum absolute atomic E-state index is 0.0461. The smallest absolute Gasteiger partial charge is 0.407 e. The molecule has 8 heteroatoms. The van der Waals surface area contributed by atoms with Gasteiger partial charge >= 0.3 is 12.1 Å². The molecule has 0 aromatic heterocycles. The third kappa shape index (κ3) is 6.99. The molecule has 0 spiro atoms. The Morgan fingerprint density at radius 2 is 1.52 bits per heavy atom. The molecule has 1 heterocycles. The average Bonchev–Trinajstić information content (AvgIpc) is 3.30. The van der Waals surface area contributed by atoms with Gasteiger partial charge in [-0.3, -0.25) is 14.5 Å². The maximum absolute atomic E-state index is 13.2. The Morgan fingerprint density at radius 3 is 2.12 bits per heavy atom. The lowest BCUT2D eigenvalue weighted by Crippen LogP contribution is -2.57. The van der Waals surface area contributed by atoms with Gasteiger partial charge in [0.2, 0.25) is 5.91 Å². The molecule has 1 fully saturated rings. The van der Waals surface area contributed by atoms with Crippen molar-refractivity contribution in [3.05, 3.63) is 95.6 Å². The standard InChI is InChI=1S/C34H39N3O5/c1-2-25(35-33(41)42-23-30-28-14-8-6-12-26(28)27-13-7-9-15-29(27)30)20-31(38)36-34(21-32(39)40)16-18-37(19-17-34)22-24-10-4-3-5-11-24/h3-15,25,30H,2,16-23H2,1H3,(H,35,41)(H,36,38)(H,39,40)/t25-/m0/s1. The van der Waals surface area contributed by atoms with Crippen LogP contribution in [-0.4, -0.2) is 59.3 Å². The molecular weight excluding hydrogens is 530 g/mol. The SMILES string of the molecule is CC[C@@H](CC(=O)NC1(CC(=O)O)CCN(Cc2ccccc2)CC1)NC(=O)OCC1c2ccccc2-c2ccccc21. The molecule has 1 saturated heterocycles. The summed E-state index contributed by atoms with van der Waals surface area (Å²) in [6.45, 7) is 4.27. The van der Waals surface area contributed by atoms with E-state index in [0.29, 0.717) is 32.4 Å². The van der Waals surface area contributed by atoms with E-state index in [1.165, 1.54) is 5.56 Å². The summed E-state index contributed by atoms with van der Waals surface area (Å²) in [4.78, 5) is 40.0. The van der Waals surface area contributed by atoms with E-state index in [4.69, 9.17) is 4.74 Å². The summed E-state index contributed by atoms with van der Waals surface area (Å²) in [6, 6.07) is 26.1. The van der Waals surface area contributed by atoms with Crippen molar-refractivity contribution in [3.63, 3.8) is 0 Å². The summed E-state index contributed by atoms with van der Waals surface area (Å²) in [5.74, 6) is -1.25. The van der Waals surface area contributed by atoms with Crippen LogP contribution in [-0.2, 0) is 20.9 Å². The highest BCUT2D eigenvalue weighted by molar-refractivity contribution is 5.80. The van der Waals surface area contributed by atoms with Gasteiger partial charge in [0.15, 0.2) is 0 Å². The number of carbonyl (C=O) groups excluding carboxylic acids is 2. The highest BCUT2D eigenvalue weighted by Gasteiger charge is 2.38. The van der Waals surface area contributed by atoms with E-state index in [2.05, 4.69) is 51.9 Å². The number of carboxylic acids is 1. The summed E-state index contributed by atoms with van der Waals surface area (Å²) >= 11 is 0. The van der Waals surface area contributed by atoms with Crippen LogP contribution in [0.1, 0.15) is 61.6 Å². The van der Waals surface area contributed by atoms with Crippen molar-refractivity contribution in [1.82, 2.24) is 15.5 Å². The first-order valence-corrected chi connectivity index (χ1v) is 14.8. The van der Waals surface area contributed by atoms with Gasteiger partial charge in [-0.15, -0.1) is 0 Å². The van der Waals surface area contributed by atoms with E-state index in [9.17, 15) is 19.5 Å². The molecule has 220 valence electrons. The summed E-state index contributed by atoms with van der Waals surface area (Å²) in [5, 5.41) is 15.5. The molecule has 1 aliphatic carbocycles. The zero-order valence-corrected chi connectivity index (χ0v) is 24.1. The molecule has 42 heavy (non-hydrogen) atoms. The van der Waals surface area contributed by atoms with Crippen molar-refractivity contribution in [2.24, 2.45) is 0 Å². The number of carboxylic acid groups (broad SMARTS) is 1. The first kappa shape index (κ1) is 29.3. The van der Waals surface area contributed by atoms with Crippen molar-refractivity contribution in [1.29, 1.82) is 0 Å². The van der Waals surface area contributed by atoms with Crippen molar-refractivity contribution < 1.29 is 24.2 Å². The highest BCUT2D eigenvalue weighted by atomic mass is 16.5. The van der Waals surface area contributed by atoms with Crippen LogP contribution < -0.4 is 10.6 Å². The number of aliphatic carboxylic acids is 1. The summed E-state index contributed by atoms with van der Waals surface area (Å²) in [6.07, 6.45) is 0.993. The number of alkyl carbamates (subject to hydrolysis) is 1. The Bertz CT molecular complexity index is 1360. The van der Waals surface area contributed by atoms with Gasteiger partial charge < -0.3 is 20.5 Å². The molecule has 2 aliphatic rings. The average molecular weight is 570 g/mol. The van der Waals surface area contributed by atoms with Crippen molar-refractivity contribution in [3.8, 4) is 11.1 Å². The lowest BCUT2D eigenvalue weighted by Gasteiger charge is -2.42. The van der Waals surface area contributed by atoms with Crippen LogP contribution in [0.4, 0.5) is 4.79 Å². The van der Waals surface area contributed by atoms with Gasteiger partial charge in [-0.25, -0.2) is 4.79 Å². The first-order valence-electron chi connectivity index (χ1n) is 14.8. The minimum atomic E-state index is -0.935. The first-order chi connectivity index (χ1) is 20.4. The second kappa shape index (κ2) is 13.2. The fourth-order valence-corrected chi connectivity index (χ4v) is 6.29. The number of ether oxygens (including phenoxy) is 1. The molecule has 2 amide bonds. The Morgan fingerprint density at radius 1 is 0.929 bits per heavy atom. The van der Waals surface area contributed by atoms with Crippen LogP contribution in [0.15, 0.2) is 78.9 Å². The molecule has 3 N–H and O–H groups in total. The largest absolute Gasteiger partial charge is 0.481 e. The fourth-order valence-electron chi connectivity index (χ4n) is 6.29. The maximum Gasteiger partial charge on any atom is 0.407 e. The van der Waals surface area contributed by atoms with Crippen LogP contribution in [0.25, 0.3) is 11.1 Å². The maximum atomic E-state index is 13.2. The second-order valence-electron chi connectivity index (χ2n) is 11.4. The molecule has 3 aromatic carbocycles. The van der Waals surface area contributed by atoms with Crippen molar-refractivity contribution in [2.45, 2.75) is 63.1 Å². The van der Waals surface area contributed by atoms with Gasteiger partial charge in [0.05, 0.1) is 12.0 Å². The van der Waals surface area contributed by atoms with E-state index in [1.807, 2.05) is 49.4 Å². The zero-order chi connectivity index (χ0) is 29.5. The van der Waals surface area contributed by atoms with Crippen LogP contribution in [0.3, 0.4) is 0 Å². The lowest BCUT2D eigenvalue weighted by molar-refractivity contribution is -0.140. The summed E-state index contributed by atoms with van der Waals surface area (Å²) in [7, 11) is 0. The predicted octanol–water partition coefficient (Wildman–Crippen LogP) is 5.32. The topological polar surface area (TPSA) is 108 Å². The number of rotatable bonds is 11. The molecule has 0 saturated carbocycles. The number of nitrogens with zero attached hydrogens (tertiary/aromatic N) is 1. The van der Waals surface area contributed by atoms with Crippen LogP contribution in [0, 0.1) is 0 Å². The molecule has 0 bridgehead atoms. The normalized spacial score (nSPS) is 16.6. The van der Waals surface area contributed by atoms with Crippen molar-refractivity contribution in [2.75, 3.05) is 19.7 Å². The number of piperidine rings is 1.